The second-order valence-corrected chi connectivity index (χ2v) is 8.07. The van der Waals surface area contributed by atoms with E-state index in [2.05, 4.69) is 51.9 Å². The first-order valence-electron chi connectivity index (χ1n) is 10.9. The predicted octanol–water partition coefficient (Wildman–Crippen LogP) is 2.40. The third-order valence-corrected chi connectivity index (χ3v) is 5.60. The molecule has 0 aliphatic carbocycles. The van der Waals surface area contributed by atoms with Crippen LogP contribution in [0.5, 0.6) is 0 Å². The van der Waals surface area contributed by atoms with Crippen LogP contribution in [0.15, 0.2) is 29.3 Å². The molecule has 168 valence electrons. The molecule has 2 aliphatic rings. The number of carbonyl (C=O) groups is 1. The van der Waals surface area contributed by atoms with E-state index in [-0.39, 0.29) is 35.9 Å². The minimum absolute atomic E-state index is 0. The lowest BCUT2D eigenvalue weighted by Crippen LogP contribution is -2.47. The summed E-state index contributed by atoms with van der Waals surface area (Å²) in [4.78, 5) is 23.1. The smallest absolute Gasteiger partial charge is 0.222 e. The molecule has 0 bridgehead atoms. The van der Waals surface area contributed by atoms with Gasteiger partial charge < -0.3 is 15.5 Å². The van der Waals surface area contributed by atoms with E-state index in [0.717, 1.165) is 67.6 Å². The van der Waals surface area contributed by atoms with Crippen LogP contribution in [-0.4, -0.2) is 50.7 Å². The first kappa shape index (κ1) is 23.5. The zero-order valence-corrected chi connectivity index (χ0v) is 20.6. The molecule has 2 N–H and O–H groups in total. The van der Waals surface area contributed by atoms with Crippen molar-refractivity contribution in [2.45, 2.75) is 65.2 Å². The van der Waals surface area contributed by atoms with Gasteiger partial charge in [-0.05, 0) is 37.8 Å². The number of aliphatic imine (C=N–C) groups is 1. The monoisotopic (exact) mass is 537 g/mol. The number of nitrogens with one attached hydrogen (secondary N) is 2. The topological polar surface area (TPSA) is 87.4 Å². The fraction of sp³-hybridized carbons (Fsp3) is 0.545. The molecule has 1 fully saturated rings. The number of rotatable bonds is 6. The van der Waals surface area contributed by atoms with E-state index in [9.17, 15) is 4.79 Å². The number of halogens is 1. The molecule has 3 heterocycles. The van der Waals surface area contributed by atoms with E-state index in [1.165, 1.54) is 0 Å². The summed E-state index contributed by atoms with van der Waals surface area (Å²) in [5.74, 6) is 2.99. The predicted molar refractivity (Wildman–Crippen MR) is 131 cm³/mol. The van der Waals surface area contributed by atoms with E-state index in [4.69, 9.17) is 4.99 Å². The Labute approximate surface area is 200 Å². The SMILES string of the molecule is CCNC(=NCc1cccc(CN2CCCC2=O)c1)NC1CCc2nc(C)nn2C1.I. The lowest BCUT2D eigenvalue weighted by Gasteiger charge is -2.25. The van der Waals surface area contributed by atoms with Gasteiger partial charge in [0, 0.05) is 38.5 Å². The van der Waals surface area contributed by atoms with Gasteiger partial charge in [-0.2, -0.15) is 5.10 Å². The molecule has 9 heteroatoms. The van der Waals surface area contributed by atoms with Crippen LogP contribution in [0.1, 0.15) is 49.0 Å². The van der Waals surface area contributed by atoms with E-state index >= 15 is 0 Å². The minimum Gasteiger partial charge on any atom is -0.357 e. The number of aromatic nitrogens is 3. The molecule has 2 aromatic rings. The highest BCUT2D eigenvalue weighted by Gasteiger charge is 2.22. The van der Waals surface area contributed by atoms with Crippen LogP contribution >= 0.6 is 24.0 Å². The standard InChI is InChI=1S/C22H31N7O.HI/c1-3-23-22(26-19-9-10-20-25-16(2)27-29(20)15-19)24-13-17-6-4-7-18(12-17)14-28-11-5-8-21(28)30;/h4,6-7,12,19H,3,5,8-11,13-15H2,1-2H3,(H2,23,24,26);1H. The molecular weight excluding hydrogens is 505 g/mol. The average molecular weight is 537 g/mol. The number of likely N-dealkylation sites (tertiary alicyclic amines) is 1. The molecule has 1 aromatic carbocycles. The highest BCUT2D eigenvalue weighted by Crippen LogP contribution is 2.16. The lowest BCUT2D eigenvalue weighted by molar-refractivity contribution is -0.128. The van der Waals surface area contributed by atoms with Gasteiger partial charge in [0.1, 0.15) is 11.6 Å². The Hall–Kier alpha value is -2.17. The summed E-state index contributed by atoms with van der Waals surface area (Å²) in [5.41, 5.74) is 2.31. The number of fused-ring (bicyclic) bond motifs is 1. The van der Waals surface area contributed by atoms with Gasteiger partial charge in [0.25, 0.3) is 0 Å². The van der Waals surface area contributed by atoms with Crippen LogP contribution in [0.4, 0.5) is 0 Å². The molecule has 1 atom stereocenters. The average Bonchev–Trinajstić information content (AvgIpc) is 3.30. The number of hydrogen-bond donors (Lipinski definition) is 2. The van der Waals surface area contributed by atoms with Crippen LogP contribution in [0.2, 0.25) is 0 Å². The quantitative estimate of drug-likeness (QED) is 0.336. The van der Waals surface area contributed by atoms with E-state index < -0.39 is 0 Å². The molecule has 0 spiro atoms. The number of nitrogens with zero attached hydrogens (tertiary/aromatic N) is 5. The number of amides is 1. The van der Waals surface area contributed by atoms with Crippen LogP contribution in [0, 0.1) is 6.92 Å². The van der Waals surface area contributed by atoms with Crippen molar-refractivity contribution in [3.63, 3.8) is 0 Å². The van der Waals surface area contributed by atoms with Crippen molar-refractivity contribution in [1.82, 2.24) is 30.3 Å². The number of carbonyl (C=O) groups excluding carboxylic acids is 1. The largest absolute Gasteiger partial charge is 0.357 e. The van der Waals surface area contributed by atoms with Gasteiger partial charge in [0.15, 0.2) is 5.96 Å². The molecule has 8 nitrogen and oxygen atoms in total. The summed E-state index contributed by atoms with van der Waals surface area (Å²) in [6.45, 7) is 7.78. The fourth-order valence-corrected chi connectivity index (χ4v) is 4.15. The highest BCUT2D eigenvalue weighted by atomic mass is 127. The molecule has 0 radical (unpaired) electrons. The Morgan fingerprint density at radius 1 is 1.29 bits per heavy atom. The first-order chi connectivity index (χ1) is 14.6. The van der Waals surface area contributed by atoms with Crippen molar-refractivity contribution in [2.24, 2.45) is 4.99 Å². The maximum atomic E-state index is 11.9. The molecule has 1 unspecified atom stereocenters. The van der Waals surface area contributed by atoms with Gasteiger partial charge in [-0.25, -0.2) is 14.7 Å². The van der Waals surface area contributed by atoms with Crippen LogP contribution in [-0.2, 0) is 30.8 Å². The van der Waals surface area contributed by atoms with E-state index in [1.54, 1.807) is 0 Å². The van der Waals surface area contributed by atoms with Gasteiger partial charge in [-0.15, -0.1) is 24.0 Å². The maximum absolute atomic E-state index is 11.9. The molecular formula is C22H32IN7O. The van der Waals surface area contributed by atoms with Gasteiger partial charge in [0.05, 0.1) is 13.1 Å². The molecule has 31 heavy (non-hydrogen) atoms. The molecule has 1 aromatic heterocycles. The third-order valence-electron chi connectivity index (χ3n) is 5.60. The summed E-state index contributed by atoms with van der Waals surface area (Å²) in [6, 6.07) is 8.67. The Kier molecular flexibility index (Phi) is 8.28. The van der Waals surface area contributed by atoms with Gasteiger partial charge >= 0.3 is 0 Å². The highest BCUT2D eigenvalue weighted by molar-refractivity contribution is 14.0. The second kappa shape index (κ2) is 10.9. The summed E-state index contributed by atoms with van der Waals surface area (Å²) in [5, 5.41) is 11.4. The van der Waals surface area contributed by atoms with Gasteiger partial charge in [0.2, 0.25) is 5.91 Å². The zero-order valence-electron chi connectivity index (χ0n) is 18.3. The van der Waals surface area contributed by atoms with Crippen molar-refractivity contribution < 1.29 is 4.79 Å². The normalized spacial score (nSPS) is 18.5. The van der Waals surface area contributed by atoms with Crippen molar-refractivity contribution in [2.75, 3.05) is 13.1 Å². The van der Waals surface area contributed by atoms with Crippen LogP contribution in [0.25, 0.3) is 0 Å². The van der Waals surface area contributed by atoms with Gasteiger partial charge in [-0.3, -0.25) is 4.79 Å². The molecule has 0 saturated carbocycles. The van der Waals surface area contributed by atoms with Gasteiger partial charge in [-0.1, -0.05) is 24.3 Å². The van der Waals surface area contributed by atoms with Crippen molar-refractivity contribution >= 4 is 35.8 Å². The Morgan fingerprint density at radius 2 is 2.13 bits per heavy atom. The fourth-order valence-electron chi connectivity index (χ4n) is 4.15. The van der Waals surface area contributed by atoms with E-state index in [1.807, 2.05) is 16.5 Å². The third kappa shape index (κ3) is 6.18. The summed E-state index contributed by atoms with van der Waals surface area (Å²) in [6.07, 6.45) is 3.59. The molecule has 1 saturated heterocycles. The summed E-state index contributed by atoms with van der Waals surface area (Å²) in [7, 11) is 0. The molecule has 1 amide bonds. The second-order valence-electron chi connectivity index (χ2n) is 8.07. The summed E-state index contributed by atoms with van der Waals surface area (Å²) >= 11 is 0. The van der Waals surface area contributed by atoms with Crippen LogP contribution < -0.4 is 10.6 Å². The Bertz CT molecular complexity index is 926. The number of hydrogen-bond acceptors (Lipinski definition) is 4. The number of benzene rings is 1. The first-order valence-corrected chi connectivity index (χ1v) is 10.9. The Morgan fingerprint density at radius 3 is 2.90 bits per heavy atom. The number of aryl methyl sites for hydroxylation is 2. The van der Waals surface area contributed by atoms with Crippen molar-refractivity contribution in [3.8, 4) is 0 Å². The van der Waals surface area contributed by atoms with Crippen molar-refractivity contribution in [3.05, 3.63) is 47.0 Å². The van der Waals surface area contributed by atoms with Crippen molar-refractivity contribution in [1.29, 1.82) is 0 Å². The molecule has 2 aliphatic heterocycles. The van der Waals surface area contributed by atoms with Crippen LogP contribution in [0.3, 0.4) is 0 Å². The minimum atomic E-state index is 0. The molecule has 4 rings (SSSR count). The number of guanidine groups is 1. The zero-order chi connectivity index (χ0) is 20.9. The summed E-state index contributed by atoms with van der Waals surface area (Å²) < 4.78 is 2.00. The van der Waals surface area contributed by atoms with E-state index in [0.29, 0.717) is 19.5 Å². The lowest BCUT2D eigenvalue weighted by atomic mass is 10.1. The maximum Gasteiger partial charge on any atom is 0.222 e. The Balaban J connectivity index is 0.00000272.